The van der Waals surface area contributed by atoms with E-state index in [9.17, 15) is 4.79 Å². The van der Waals surface area contributed by atoms with E-state index in [1.807, 2.05) is 30.1 Å². The molecule has 1 atom stereocenters. The van der Waals surface area contributed by atoms with E-state index in [0.29, 0.717) is 5.02 Å². The normalized spacial score (nSPS) is 18.0. The fourth-order valence-corrected chi connectivity index (χ4v) is 3.21. The van der Waals surface area contributed by atoms with Crippen LogP contribution in [0.1, 0.15) is 18.9 Å². The zero-order chi connectivity index (χ0) is 15.9. The molecule has 2 aromatic rings. The molecule has 1 saturated heterocycles. The lowest BCUT2D eigenvalue weighted by atomic mass is 10.1. The van der Waals surface area contributed by atoms with Gasteiger partial charge in [-0.15, -0.1) is 0 Å². The Morgan fingerprint density at radius 3 is 2.91 bits per heavy atom. The molecule has 0 aliphatic carbocycles. The molecule has 1 fully saturated rings. The van der Waals surface area contributed by atoms with Crippen LogP contribution in [0.4, 0.5) is 5.82 Å². The number of halogens is 1. The van der Waals surface area contributed by atoms with E-state index >= 15 is 0 Å². The molecule has 1 aliphatic heterocycles. The molecule has 0 bridgehead atoms. The van der Waals surface area contributed by atoms with Gasteiger partial charge >= 0.3 is 0 Å². The molecular weight excluding hydrogens is 298 g/mol. The fraction of sp³-hybridized carbons (Fsp3) is 0.412. The smallest absolute Gasteiger partial charge is 0.219 e. The summed E-state index contributed by atoms with van der Waals surface area (Å²) in [6.45, 7) is 5.45. The summed E-state index contributed by atoms with van der Waals surface area (Å²) in [5, 5.41) is 1.83. The first-order valence-electron chi connectivity index (χ1n) is 7.51. The average Bonchev–Trinajstić information content (AvgIpc) is 2.95. The Balaban J connectivity index is 1.90. The Morgan fingerprint density at radius 1 is 1.41 bits per heavy atom. The second-order valence-corrected chi connectivity index (χ2v) is 6.41. The van der Waals surface area contributed by atoms with Crippen LogP contribution in [0.2, 0.25) is 5.02 Å². The third-order valence-corrected chi connectivity index (χ3v) is 4.73. The number of carbonyl (C=O) groups excluding carboxylic acids is 1. The number of aromatic nitrogens is 1. The maximum Gasteiger partial charge on any atom is 0.219 e. The van der Waals surface area contributed by atoms with Crippen molar-refractivity contribution in [1.29, 1.82) is 0 Å². The SMILES string of the molecule is CC(=O)N(C)[C@H]1CCN(c2cc(C)c3ccc(Cl)cc3n2)C1. The minimum atomic E-state index is 0.112. The number of carbonyl (C=O) groups is 1. The van der Waals surface area contributed by atoms with Gasteiger partial charge in [0.1, 0.15) is 5.82 Å². The molecule has 116 valence electrons. The molecule has 1 amide bonds. The van der Waals surface area contributed by atoms with E-state index in [2.05, 4.69) is 17.9 Å². The maximum absolute atomic E-state index is 11.5. The third kappa shape index (κ3) is 2.75. The van der Waals surface area contributed by atoms with Crippen molar-refractivity contribution in [3.05, 3.63) is 34.9 Å². The molecular formula is C17H20ClN3O. The predicted octanol–water partition coefficient (Wildman–Crippen LogP) is 3.25. The number of rotatable bonds is 2. The number of nitrogens with zero attached hydrogens (tertiary/aromatic N) is 3. The molecule has 1 aromatic carbocycles. The lowest BCUT2D eigenvalue weighted by Crippen LogP contribution is -2.37. The average molecular weight is 318 g/mol. The summed E-state index contributed by atoms with van der Waals surface area (Å²) in [6, 6.07) is 8.19. The summed E-state index contributed by atoms with van der Waals surface area (Å²) in [5.41, 5.74) is 2.12. The number of hydrogen-bond donors (Lipinski definition) is 0. The van der Waals surface area contributed by atoms with Gasteiger partial charge in [-0.2, -0.15) is 0 Å². The second-order valence-electron chi connectivity index (χ2n) is 5.98. The highest BCUT2D eigenvalue weighted by atomic mass is 35.5. The van der Waals surface area contributed by atoms with Gasteiger partial charge < -0.3 is 9.80 Å². The molecule has 3 rings (SSSR count). The Kier molecular flexibility index (Phi) is 3.96. The van der Waals surface area contributed by atoms with E-state index in [1.165, 1.54) is 5.56 Å². The van der Waals surface area contributed by atoms with Gasteiger partial charge in [0, 0.05) is 37.5 Å². The molecule has 1 aliphatic rings. The van der Waals surface area contributed by atoms with Crippen LogP contribution in [0.3, 0.4) is 0 Å². The van der Waals surface area contributed by atoms with Gasteiger partial charge in [0.05, 0.1) is 11.6 Å². The molecule has 0 saturated carbocycles. The number of likely N-dealkylation sites (N-methyl/N-ethyl adjacent to an activating group) is 1. The minimum Gasteiger partial charge on any atom is -0.354 e. The molecule has 5 heteroatoms. The quantitative estimate of drug-likeness (QED) is 0.853. The first kappa shape index (κ1) is 15.1. The van der Waals surface area contributed by atoms with Gasteiger partial charge in [-0.25, -0.2) is 4.98 Å². The van der Waals surface area contributed by atoms with Crippen molar-refractivity contribution in [2.75, 3.05) is 25.0 Å². The van der Waals surface area contributed by atoms with Crippen LogP contribution in [0, 0.1) is 6.92 Å². The molecule has 2 heterocycles. The monoisotopic (exact) mass is 317 g/mol. The van der Waals surface area contributed by atoms with E-state index in [1.54, 1.807) is 6.92 Å². The van der Waals surface area contributed by atoms with E-state index in [-0.39, 0.29) is 11.9 Å². The summed E-state index contributed by atoms with van der Waals surface area (Å²) in [5.74, 6) is 1.08. The topological polar surface area (TPSA) is 36.4 Å². The maximum atomic E-state index is 11.5. The first-order valence-corrected chi connectivity index (χ1v) is 7.89. The van der Waals surface area contributed by atoms with Crippen LogP contribution in [0.25, 0.3) is 10.9 Å². The summed E-state index contributed by atoms with van der Waals surface area (Å²) in [6.07, 6.45) is 0.977. The van der Waals surface area contributed by atoms with Crippen LogP contribution in [-0.4, -0.2) is 42.0 Å². The van der Waals surface area contributed by atoms with Crippen molar-refractivity contribution < 1.29 is 4.79 Å². The number of aryl methyl sites for hydroxylation is 1. The molecule has 22 heavy (non-hydrogen) atoms. The fourth-order valence-electron chi connectivity index (χ4n) is 3.04. The molecule has 0 N–H and O–H groups in total. The summed E-state index contributed by atoms with van der Waals surface area (Å²) < 4.78 is 0. The van der Waals surface area contributed by atoms with Crippen molar-refractivity contribution in [1.82, 2.24) is 9.88 Å². The molecule has 0 unspecified atom stereocenters. The Labute approximate surface area is 135 Å². The van der Waals surface area contributed by atoms with Gasteiger partial charge in [0.2, 0.25) is 5.91 Å². The third-order valence-electron chi connectivity index (χ3n) is 4.50. The predicted molar refractivity (Wildman–Crippen MR) is 90.6 cm³/mol. The lowest BCUT2D eigenvalue weighted by Gasteiger charge is -2.24. The highest BCUT2D eigenvalue weighted by molar-refractivity contribution is 6.31. The van der Waals surface area contributed by atoms with Crippen molar-refractivity contribution in [3.63, 3.8) is 0 Å². The van der Waals surface area contributed by atoms with Gasteiger partial charge in [-0.1, -0.05) is 17.7 Å². The number of anilines is 1. The summed E-state index contributed by atoms with van der Waals surface area (Å²) in [7, 11) is 1.87. The number of fused-ring (bicyclic) bond motifs is 1. The minimum absolute atomic E-state index is 0.112. The van der Waals surface area contributed by atoms with E-state index < -0.39 is 0 Å². The molecule has 1 aromatic heterocycles. The number of pyridine rings is 1. The van der Waals surface area contributed by atoms with Crippen molar-refractivity contribution in [2.24, 2.45) is 0 Å². The van der Waals surface area contributed by atoms with Gasteiger partial charge in [0.25, 0.3) is 0 Å². The first-order chi connectivity index (χ1) is 10.5. The second kappa shape index (κ2) is 5.76. The zero-order valence-corrected chi connectivity index (χ0v) is 13.9. The number of hydrogen-bond acceptors (Lipinski definition) is 3. The van der Waals surface area contributed by atoms with Crippen LogP contribution < -0.4 is 4.90 Å². The lowest BCUT2D eigenvalue weighted by molar-refractivity contribution is -0.129. The van der Waals surface area contributed by atoms with E-state index in [4.69, 9.17) is 16.6 Å². The van der Waals surface area contributed by atoms with Crippen molar-refractivity contribution >= 4 is 34.2 Å². The largest absolute Gasteiger partial charge is 0.354 e. The Hall–Kier alpha value is -1.81. The Morgan fingerprint density at radius 2 is 2.18 bits per heavy atom. The molecule has 4 nitrogen and oxygen atoms in total. The molecule has 0 radical (unpaired) electrons. The van der Waals surface area contributed by atoms with Gasteiger partial charge in [-0.3, -0.25) is 4.79 Å². The van der Waals surface area contributed by atoms with Crippen molar-refractivity contribution in [3.8, 4) is 0 Å². The summed E-state index contributed by atoms with van der Waals surface area (Å²) in [4.78, 5) is 20.3. The summed E-state index contributed by atoms with van der Waals surface area (Å²) >= 11 is 6.08. The standard InChI is InChI=1S/C17H20ClN3O/c1-11-8-17(19-16-9-13(18)4-5-15(11)16)21-7-6-14(10-21)20(3)12(2)22/h4-5,8-9,14H,6-7,10H2,1-3H3/t14-/m0/s1. The van der Waals surface area contributed by atoms with Crippen LogP contribution in [0.15, 0.2) is 24.3 Å². The number of amides is 1. The van der Waals surface area contributed by atoms with Gasteiger partial charge in [-0.05, 0) is 37.1 Å². The number of benzene rings is 1. The Bertz CT molecular complexity index is 731. The zero-order valence-electron chi connectivity index (χ0n) is 13.1. The highest BCUT2D eigenvalue weighted by Gasteiger charge is 2.28. The molecule has 0 spiro atoms. The van der Waals surface area contributed by atoms with Crippen LogP contribution >= 0.6 is 11.6 Å². The van der Waals surface area contributed by atoms with Crippen LogP contribution in [0.5, 0.6) is 0 Å². The van der Waals surface area contributed by atoms with Crippen molar-refractivity contribution in [2.45, 2.75) is 26.3 Å². The van der Waals surface area contributed by atoms with Gasteiger partial charge in [0.15, 0.2) is 0 Å². The highest BCUT2D eigenvalue weighted by Crippen LogP contribution is 2.27. The van der Waals surface area contributed by atoms with Crippen LogP contribution in [-0.2, 0) is 4.79 Å². The van der Waals surface area contributed by atoms with E-state index in [0.717, 1.165) is 36.2 Å².